The molecule has 0 aromatic rings. The number of hydrogen-bond acceptors (Lipinski definition) is 4. The highest BCUT2D eigenvalue weighted by molar-refractivity contribution is 5.79. The molecule has 0 N–H and O–H groups in total. The van der Waals surface area contributed by atoms with Crippen molar-refractivity contribution in [1.29, 1.82) is 0 Å². The average molecular weight is 566 g/mol. The van der Waals surface area contributed by atoms with Gasteiger partial charge in [0.25, 0.3) is 0 Å². The quantitative estimate of drug-likeness (QED) is 0.221. The molecule has 0 rings (SSSR count). The third-order valence-corrected chi connectivity index (χ3v) is 3.81. The van der Waals surface area contributed by atoms with E-state index in [1.54, 1.807) is 0 Å². The summed E-state index contributed by atoms with van der Waals surface area (Å²) in [5.74, 6) is -26.4. The van der Waals surface area contributed by atoms with Crippen molar-refractivity contribution in [3.05, 3.63) is 0 Å². The van der Waals surface area contributed by atoms with E-state index in [4.69, 9.17) is 0 Å². The lowest BCUT2D eigenvalue weighted by molar-refractivity contribution is -0.548. The third-order valence-electron chi connectivity index (χ3n) is 3.81. The van der Waals surface area contributed by atoms with Crippen LogP contribution in [0.3, 0.4) is 0 Å². The number of alkyl halides is 17. The van der Waals surface area contributed by atoms with E-state index in [-0.39, 0.29) is 0 Å². The molecule has 0 fully saturated rings. The highest BCUT2D eigenvalue weighted by Crippen LogP contribution is 2.56. The number of esters is 1. The molecule has 0 saturated heterocycles. The SMILES string of the molecule is CCC(CC)OC(=O)C(F)(OC(F)(F)C(F)(OC(F)(F)C(F)(F)C(F)(F)F)C(F)(F)F)C(F)(F)F. The first-order valence-corrected chi connectivity index (χ1v) is 8.40. The molecule has 0 aliphatic rings. The summed E-state index contributed by atoms with van der Waals surface area (Å²) in [6.07, 6.45) is -41.3. The summed E-state index contributed by atoms with van der Waals surface area (Å²) in [5.41, 5.74) is 0. The van der Waals surface area contributed by atoms with Crippen LogP contribution in [0.25, 0.3) is 0 Å². The largest absolute Gasteiger partial charge is 0.462 e. The molecule has 0 aromatic carbocycles. The van der Waals surface area contributed by atoms with Gasteiger partial charge < -0.3 is 4.74 Å². The van der Waals surface area contributed by atoms with Gasteiger partial charge in [0.2, 0.25) is 0 Å². The van der Waals surface area contributed by atoms with Crippen molar-refractivity contribution in [2.75, 3.05) is 0 Å². The Balaban J connectivity index is 6.74. The maximum atomic E-state index is 14.2. The zero-order valence-corrected chi connectivity index (χ0v) is 16.5. The van der Waals surface area contributed by atoms with E-state index in [1.807, 2.05) is 4.74 Å². The Morgan fingerprint density at radius 1 is 0.600 bits per heavy atom. The topological polar surface area (TPSA) is 44.8 Å². The number of hydrogen-bond donors (Lipinski definition) is 0. The first-order valence-electron chi connectivity index (χ1n) is 8.40. The van der Waals surface area contributed by atoms with Crippen molar-refractivity contribution in [2.45, 2.75) is 81.2 Å². The molecule has 0 saturated carbocycles. The molecule has 0 aliphatic carbocycles. The van der Waals surface area contributed by atoms with Crippen LogP contribution in [0.1, 0.15) is 26.7 Å². The number of rotatable bonds is 10. The second-order valence-electron chi connectivity index (χ2n) is 6.34. The van der Waals surface area contributed by atoms with E-state index < -0.39 is 73.3 Å². The normalized spacial score (nSPS) is 18.3. The molecular weight excluding hydrogens is 555 g/mol. The van der Waals surface area contributed by atoms with E-state index in [2.05, 4.69) is 4.74 Å². The Morgan fingerprint density at radius 2 is 1.00 bits per heavy atom. The molecule has 2 atom stereocenters. The van der Waals surface area contributed by atoms with Crippen molar-refractivity contribution < 1.29 is 93.6 Å². The van der Waals surface area contributed by atoms with Crippen molar-refractivity contribution in [2.24, 2.45) is 0 Å². The van der Waals surface area contributed by atoms with Crippen LogP contribution in [0.5, 0.6) is 0 Å². The second kappa shape index (κ2) is 9.58. The predicted octanol–water partition coefficient (Wildman–Crippen LogP) is 6.59. The molecule has 4 nitrogen and oxygen atoms in total. The second-order valence-corrected chi connectivity index (χ2v) is 6.34. The maximum absolute atomic E-state index is 14.2. The number of ether oxygens (including phenoxy) is 3. The van der Waals surface area contributed by atoms with Gasteiger partial charge in [-0.05, 0) is 12.8 Å². The van der Waals surface area contributed by atoms with Crippen LogP contribution in [0.4, 0.5) is 74.6 Å². The Morgan fingerprint density at radius 3 is 1.29 bits per heavy atom. The summed E-state index contributed by atoms with van der Waals surface area (Å²) >= 11 is 0. The van der Waals surface area contributed by atoms with E-state index in [9.17, 15) is 79.4 Å². The Kier molecular flexibility index (Phi) is 9.09. The summed E-state index contributed by atoms with van der Waals surface area (Å²) in [6, 6.07) is 0. The summed E-state index contributed by atoms with van der Waals surface area (Å²) in [6.45, 7) is 2.08. The van der Waals surface area contributed by atoms with Gasteiger partial charge in [0, 0.05) is 0 Å². The van der Waals surface area contributed by atoms with Crippen molar-refractivity contribution >= 4 is 5.97 Å². The minimum atomic E-state index is -8.05. The van der Waals surface area contributed by atoms with Gasteiger partial charge in [0.05, 0.1) is 0 Å². The Hall–Kier alpha value is -1.80. The fourth-order valence-electron chi connectivity index (χ4n) is 1.83. The molecule has 0 aromatic heterocycles. The summed E-state index contributed by atoms with van der Waals surface area (Å²) < 4.78 is 228. The molecule has 0 spiro atoms. The number of carbonyl (C=O) groups is 1. The van der Waals surface area contributed by atoms with Gasteiger partial charge in [0.15, 0.2) is 0 Å². The highest BCUT2D eigenvalue weighted by atomic mass is 19.4. The summed E-state index contributed by atoms with van der Waals surface area (Å²) in [4.78, 5) is 11.4. The minimum absolute atomic E-state index is 0.482. The van der Waals surface area contributed by atoms with Crippen LogP contribution in [-0.4, -0.2) is 60.5 Å². The fraction of sp³-hybridized carbons (Fsp3) is 0.929. The van der Waals surface area contributed by atoms with Crippen LogP contribution in [0.2, 0.25) is 0 Å². The lowest BCUT2D eigenvalue weighted by Gasteiger charge is -2.40. The molecule has 0 aliphatic heterocycles. The van der Waals surface area contributed by atoms with Gasteiger partial charge >= 0.3 is 54.3 Å². The van der Waals surface area contributed by atoms with Gasteiger partial charge in [-0.2, -0.15) is 74.6 Å². The molecule has 35 heavy (non-hydrogen) atoms. The molecule has 0 radical (unpaired) electrons. The monoisotopic (exact) mass is 566 g/mol. The van der Waals surface area contributed by atoms with Crippen LogP contribution >= 0.6 is 0 Å². The van der Waals surface area contributed by atoms with Crippen molar-refractivity contribution in [3.63, 3.8) is 0 Å². The van der Waals surface area contributed by atoms with E-state index >= 15 is 0 Å². The lowest BCUT2D eigenvalue weighted by Crippen LogP contribution is -2.68. The standard InChI is InChI=1S/C14H11F17O4/c1-3-5(4-2)33-6(32)7(15,10(19,20)21)34-14(30,31)9(18,12(25,26)27)35-13(28,29)8(16,17)11(22,23)24/h5H,3-4H2,1-2H3. The van der Waals surface area contributed by atoms with Gasteiger partial charge in [-0.15, -0.1) is 0 Å². The fourth-order valence-corrected chi connectivity index (χ4v) is 1.83. The first-order chi connectivity index (χ1) is 15.1. The van der Waals surface area contributed by atoms with Crippen molar-refractivity contribution in [3.8, 4) is 0 Å². The van der Waals surface area contributed by atoms with Crippen LogP contribution < -0.4 is 0 Å². The lowest BCUT2D eigenvalue weighted by atomic mass is 10.2. The van der Waals surface area contributed by atoms with Gasteiger partial charge in [0.1, 0.15) is 6.10 Å². The zero-order chi connectivity index (χ0) is 28.7. The van der Waals surface area contributed by atoms with Crippen LogP contribution in [0.15, 0.2) is 0 Å². The molecule has 210 valence electrons. The predicted molar refractivity (Wildman–Crippen MR) is 73.3 cm³/mol. The average Bonchev–Trinajstić information content (AvgIpc) is 2.61. The highest BCUT2D eigenvalue weighted by Gasteiger charge is 2.85. The Bertz CT molecular complexity index is 739. The first kappa shape index (κ1) is 33.2. The number of carbonyl (C=O) groups excluding carboxylic acids is 1. The van der Waals surface area contributed by atoms with Gasteiger partial charge in [-0.1, -0.05) is 13.8 Å². The summed E-state index contributed by atoms with van der Waals surface area (Å²) in [7, 11) is 0. The Labute approximate surface area is 182 Å². The molecule has 0 amide bonds. The van der Waals surface area contributed by atoms with Crippen LogP contribution in [-0.2, 0) is 19.0 Å². The molecule has 21 heteroatoms. The number of halogens is 17. The summed E-state index contributed by atoms with van der Waals surface area (Å²) in [5, 5.41) is 0. The van der Waals surface area contributed by atoms with E-state index in [0.717, 1.165) is 13.8 Å². The zero-order valence-electron chi connectivity index (χ0n) is 16.5. The van der Waals surface area contributed by atoms with Gasteiger partial charge in [-0.3, -0.25) is 9.47 Å². The van der Waals surface area contributed by atoms with Crippen LogP contribution in [0, 0.1) is 0 Å². The minimum Gasteiger partial charge on any atom is -0.458 e. The molecular formula is C14H11F17O4. The smallest absolute Gasteiger partial charge is 0.458 e. The molecule has 2 unspecified atom stereocenters. The van der Waals surface area contributed by atoms with Crippen molar-refractivity contribution in [1.82, 2.24) is 0 Å². The van der Waals surface area contributed by atoms with Gasteiger partial charge in [-0.25, -0.2) is 4.79 Å². The molecule has 0 heterocycles. The van der Waals surface area contributed by atoms with E-state index in [0.29, 0.717) is 0 Å². The maximum Gasteiger partial charge on any atom is 0.462 e. The third kappa shape index (κ3) is 6.13. The molecule has 0 bridgehead atoms. The van der Waals surface area contributed by atoms with E-state index in [1.165, 1.54) is 4.74 Å².